The van der Waals surface area contributed by atoms with Gasteiger partial charge in [0.05, 0.1) is 25.2 Å². The van der Waals surface area contributed by atoms with Crippen molar-refractivity contribution in [3.05, 3.63) is 34.2 Å². The molecule has 1 heterocycles. The molecule has 2 rings (SSSR count). The Morgan fingerprint density at radius 1 is 1.20 bits per heavy atom. The van der Waals surface area contributed by atoms with Crippen molar-refractivity contribution >= 4 is 22.6 Å². The molecule has 1 atom stereocenters. The number of pyridine rings is 1. The van der Waals surface area contributed by atoms with Crippen LogP contribution in [0.2, 0.25) is 0 Å². The minimum absolute atomic E-state index is 0.186. The van der Waals surface area contributed by atoms with Gasteiger partial charge < -0.3 is 24.5 Å². The number of fused-ring (bicyclic) bond motifs is 1. The molecule has 2 aromatic rings. The summed E-state index contributed by atoms with van der Waals surface area (Å²) in [7, 11) is 2.90. The van der Waals surface area contributed by atoms with Gasteiger partial charge in [0, 0.05) is 18.1 Å². The van der Waals surface area contributed by atoms with Crippen molar-refractivity contribution in [3.8, 4) is 11.5 Å². The van der Waals surface area contributed by atoms with E-state index in [-0.39, 0.29) is 16.5 Å². The Morgan fingerprint density at radius 3 is 2.24 bits per heavy atom. The molecular weight excluding hydrogens is 328 g/mol. The highest BCUT2D eigenvalue weighted by molar-refractivity contribution is 6.08. The number of nitrogens with one attached hydrogen (secondary N) is 1. The summed E-state index contributed by atoms with van der Waals surface area (Å²) in [5.41, 5.74) is -0.0909. The number of carbonyl (C=O) groups excluding carboxylic acids is 1. The van der Waals surface area contributed by atoms with E-state index in [9.17, 15) is 14.4 Å². The molecule has 0 saturated carbocycles. The van der Waals surface area contributed by atoms with E-state index in [1.165, 1.54) is 44.0 Å². The minimum atomic E-state index is -1.15. The molecule has 0 aliphatic carbocycles. The molecule has 0 saturated heterocycles. The van der Waals surface area contributed by atoms with Gasteiger partial charge in [0.25, 0.3) is 11.5 Å². The van der Waals surface area contributed by atoms with Crippen LogP contribution in [0.15, 0.2) is 23.1 Å². The zero-order valence-electron chi connectivity index (χ0n) is 14.5. The predicted octanol–water partition coefficient (Wildman–Crippen LogP) is 1.24. The average molecular weight is 348 g/mol. The third-order valence-electron chi connectivity index (χ3n) is 3.89. The van der Waals surface area contributed by atoms with Crippen LogP contribution >= 0.6 is 0 Å². The van der Waals surface area contributed by atoms with E-state index in [0.717, 1.165) is 0 Å². The standard InChI is InChI=1S/C17H20N2O6/c1-5-19-8-12(15(20)18-9(2)17(22)23)10-6-13(24-3)14(25-4)7-11(10)16(19)21/h6-9H,5H2,1-4H3,(H,18,20)(H,22,23). The van der Waals surface area contributed by atoms with Gasteiger partial charge in [0.2, 0.25) is 0 Å². The Hall–Kier alpha value is -3.03. The molecule has 1 aromatic carbocycles. The van der Waals surface area contributed by atoms with Crippen LogP contribution in [-0.4, -0.2) is 41.8 Å². The van der Waals surface area contributed by atoms with Crippen LogP contribution in [-0.2, 0) is 11.3 Å². The average Bonchev–Trinajstić information content (AvgIpc) is 2.60. The van der Waals surface area contributed by atoms with E-state index >= 15 is 0 Å². The number of ether oxygens (including phenoxy) is 2. The second kappa shape index (κ2) is 7.25. The van der Waals surface area contributed by atoms with Gasteiger partial charge in [0.15, 0.2) is 11.5 Å². The quantitative estimate of drug-likeness (QED) is 0.813. The third-order valence-corrected chi connectivity index (χ3v) is 3.89. The number of hydrogen-bond acceptors (Lipinski definition) is 5. The molecule has 0 fully saturated rings. The highest BCUT2D eigenvalue weighted by Gasteiger charge is 2.21. The number of nitrogens with zero attached hydrogens (tertiary/aromatic N) is 1. The number of amides is 1. The van der Waals surface area contributed by atoms with Crippen molar-refractivity contribution in [1.82, 2.24) is 9.88 Å². The summed E-state index contributed by atoms with van der Waals surface area (Å²) in [6.45, 7) is 3.50. The molecule has 8 nitrogen and oxygen atoms in total. The summed E-state index contributed by atoms with van der Waals surface area (Å²) in [4.78, 5) is 36.1. The van der Waals surface area contributed by atoms with Gasteiger partial charge in [-0.3, -0.25) is 14.4 Å². The minimum Gasteiger partial charge on any atom is -0.493 e. The zero-order chi connectivity index (χ0) is 18.7. The van der Waals surface area contributed by atoms with Crippen molar-refractivity contribution in [3.63, 3.8) is 0 Å². The van der Waals surface area contributed by atoms with Crippen molar-refractivity contribution in [1.29, 1.82) is 0 Å². The molecule has 0 bridgehead atoms. The summed E-state index contributed by atoms with van der Waals surface area (Å²) in [6.07, 6.45) is 1.42. The fraction of sp³-hybridized carbons (Fsp3) is 0.353. The number of methoxy groups -OCH3 is 2. The Morgan fingerprint density at radius 2 is 1.76 bits per heavy atom. The second-order valence-corrected chi connectivity index (χ2v) is 5.42. The molecule has 0 aliphatic rings. The van der Waals surface area contributed by atoms with Crippen molar-refractivity contribution in [2.75, 3.05) is 14.2 Å². The highest BCUT2D eigenvalue weighted by Crippen LogP contribution is 2.32. The summed E-state index contributed by atoms with van der Waals surface area (Å²) >= 11 is 0. The van der Waals surface area contributed by atoms with Gasteiger partial charge in [-0.15, -0.1) is 0 Å². The van der Waals surface area contributed by atoms with Crippen molar-refractivity contribution < 1.29 is 24.2 Å². The lowest BCUT2D eigenvalue weighted by Crippen LogP contribution is -2.39. The lowest BCUT2D eigenvalue weighted by atomic mass is 10.1. The first-order valence-corrected chi connectivity index (χ1v) is 7.66. The van der Waals surface area contributed by atoms with Crippen molar-refractivity contribution in [2.24, 2.45) is 0 Å². The number of aryl methyl sites for hydroxylation is 1. The summed E-state index contributed by atoms with van der Waals surface area (Å²) < 4.78 is 11.8. The number of benzene rings is 1. The van der Waals surface area contributed by atoms with Crippen LogP contribution in [0.3, 0.4) is 0 Å². The molecule has 1 amide bonds. The van der Waals surface area contributed by atoms with E-state index in [4.69, 9.17) is 14.6 Å². The molecule has 0 aliphatic heterocycles. The molecule has 134 valence electrons. The van der Waals surface area contributed by atoms with E-state index in [0.29, 0.717) is 23.4 Å². The Bertz CT molecular complexity index is 887. The first-order chi connectivity index (χ1) is 11.8. The van der Waals surface area contributed by atoms with Crippen LogP contribution in [0, 0.1) is 0 Å². The number of hydrogen-bond donors (Lipinski definition) is 2. The number of carboxylic acids is 1. The van der Waals surface area contributed by atoms with Gasteiger partial charge in [0.1, 0.15) is 6.04 Å². The molecular formula is C17H20N2O6. The second-order valence-electron chi connectivity index (χ2n) is 5.42. The summed E-state index contributed by atoms with van der Waals surface area (Å²) in [6, 6.07) is 1.99. The normalized spacial score (nSPS) is 11.8. The van der Waals surface area contributed by atoms with Gasteiger partial charge >= 0.3 is 5.97 Å². The van der Waals surface area contributed by atoms with Crippen LogP contribution in [0.1, 0.15) is 24.2 Å². The summed E-state index contributed by atoms with van der Waals surface area (Å²) in [5.74, 6) is -1.01. The maximum absolute atomic E-state index is 12.6. The maximum atomic E-state index is 12.6. The molecule has 25 heavy (non-hydrogen) atoms. The van der Waals surface area contributed by atoms with Crippen LogP contribution < -0.4 is 20.3 Å². The summed E-state index contributed by atoms with van der Waals surface area (Å²) in [5, 5.41) is 12.0. The SMILES string of the molecule is CCn1cc(C(=O)NC(C)C(=O)O)c2cc(OC)c(OC)cc2c1=O. The number of rotatable bonds is 6. The van der Waals surface area contributed by atoms with Crippen molar-refractivity contribution in [2.45, 2.75) is 26.4 Å². The van der Waals surface area contributed by atoms with E-state index in [1.54, 1.807) is 6.92 Å². The Balaban J connectivity index is 2.74. The van der Waals surface area contributed by atoms with Gasteiger partial charge in [-0.2, -0.15) is 0 Å². The fourth-order valence-corrected chi connectivity index (χ4v) is 2.47. The first kappa shape index (κ1) is 18.3. The molecule has 1 unspecified atom stereocenters. The van der Waals surface area contributed by atoms with Crippen LogP contribution in [0.25, 0.3) is 10.8 Å². The predicted molar refractivity (Wildman–Crippen MR) is 91.6 cm³/mol. The van der Waals surface area contributed by atoms with Crippen LogP contribution in [0.4, 0.5) is 0 Å². The number of carbonyl (C=O) groups is 2. The largest absolute Gasteiger partial charge is 0.493 e. The van der Waals surface area contributed by atoms with E-state index in [1.807, 2.05) is 0 Å². The molecule has 0 radical (unpaired) electrons. The molecule has 0 spiro atoms. The third kappa shape index (κ3) is 3.42. The zero-order valence-corrected chi connectivity index (χ0v) is 14.5. The molecule has 1 aromatic heterocycles. The topological polar surface area (TPSA) is 107 Å². The van der Waals surface area contributed by atoms with Gasteiger partial charge in [-0.1, -0.05) is 0 Å². The Labute approximate surface area is 144 Å². The smallest absolute Gasteiger partial charge is 0.325 e. The maximum Gasteiger partial charge on any atom is 0.325 e. The number of aliphatic carboxylic acids is 1. The highest BCUT2D eigenvalue weighted by atomic mass is 16.5. The first-order valence-electron chi connectivity index (χ1n) is 7.66. The molecule has 2 N–H and O–H groups in total. The van der Waals surface area contributed by atoms with Gasteiger partial charge in [-0.05, 0) is 26.0 Å². The monoisotopic (exact) mass is 348 g/mol. The van der Waals surface area contributed by atoms with Gasteiger partial charge in [-0.25, -0.2) is 0 Å². The molecule has 8 heteroatoms. The Kier molecular flexibility index (Phi) is 5.31. The number of carboxylic acid groups (broad SMARTS) is 1. The van der Waals surface area contributed by atoms with E-state index in [2.05, 4.69) is 5.32 Å². The fourth-order valence-electron chi connectivity index (χ4n) is 2.47. The number of aromatic nitrogens is 1. The van der Waals surface area contributed by atoms with E-state index < -0.39 is 17.9 Å². The van der Waals surface area contributed by atoms with Crippen LogP contribution in [0.5, 0.6) is 11.5 Å². The lowest BCUT2D eigenvalue weighted by molar-refractivity contribution is -0.138. The lowest BCUT2D eigenvalue weighted by Gasteiger charge is -2.15.